The van der Waals surface area contributed by atoms with Gasteiger partial charge in [-0.2, -0.15) is 0 Å². The van der Waals surface area contributed by atoms with Crippen LogP contribution in [-0.2, 0) is 32.0 Å². The van der Waals surface area contributed by atoms with E-state index < -0.39 is 47.8 Å². The van der Waals surface area contributed by atoms with E-state index in [0.717, 1.165) is 11.1 Å². The van der Waals surface area contributed by atoms with Crippen LogP contribution in [0.5, 0.6) is 0 Å². The Morgan fingerprint density at radius 2 is 1.16 bits per heavy atom. The predicted octanol–water partition coefficient (Wildman–Crippen LogP) is -1.08. The molecule has 2 aromatic rings. The van der Waals surface area contributed by atoms with Gasteiger partial charge >= 0.3 is 0 Å². The van der Waals surface area contributed by atoms with Crippen molar-refractivity contribution in [3.05, 3.63) is 71.8 Å². The molecule has 0 saturated heterocycles. The van der Waals surface area contributed by atoms with E-state index in [1.54, 1.807) is 0 Å². The van der Waals surface area contributed by atoms with Crippen molar-refractivity contribution in [1.82, 2.24) is 16.0 Å². The number of nitrogens with zero attached hydrogens (tertiary/aromatic N) is 1. The second kappa shape index (κ2) is 18.8. The van der Waals surface area contributed by atoms with Gasteiger partial charge in [0.05, 0.1) is 6.04 Å². The molecule has 0 saturated carbocycles. The number of carbonyl (C=O) groups is 4. The molecular weight excluding hydrogens is 550 g/mol. The van der Waals surface area contributed by atoms with E-state index in [2.05, 4.69) is 20.9 Å². The lowest BCUT2D eigenvalue weighted by atomic mass is 10.0. The molecule has 0 spiro atoms. The number of carbonyl (C=O) groups excluding carboxylic acids is 4. The van der Waals surface area contributed by atoms with Gasteiger partial charge in [0, 0.05) is 13.0 Å². The van der Waals surface area contributed by atoms with Crippen LogP contribution in [0.15, 0.2) is 65.7 Å². The van der Waals surface area contributed by atoms with Crippen LogP contribution in [0, 0.1) is 0 Å². The van der Waals surface area contributed by atoms with Gasteiger partial charge in [0.15, 0.2) is 5.96 Å². The van der Waals surface area contributed by atoms with E-state index in [9.17, 15) is 19.2 Å². The van der Waals surface area contributed by atoms with Crippen molar-refractivity contribution in [3.8, 4) is 0 Å². The van der Waals surface area contributed by atoms with Gasteiger partial charge in [-0.3, -0.25) is 24.2 Å². The highest BCUT2D eigenvalue weighted by Gasteiger charge is 2.30. The molecule has 13 N–H and O–H groups in total. The SMILES string of the molecule is NCCCC[C@H](NC(=O)[C@H](Cc1ccccc1)NC(=O)[C@H](CCCN=C(N)N)NC(=O)[C@@H](N)Cc1ccccc1)C(N)=O. The smallest absolute Gasteiger partial charge is 0.243 e. The standard InChI is InChI=1S/C30H45N9O4/c31-16-8-7-14-23(26(33)40)37-29(43)25(19-21-12-5-2-6-13-21)39-28(42)24(15-9-17-36-30(34)35)38-27(41)22(32)18-20-10-3-1-4-11-20/h1-6,10-13,22-25H,7-9,14-19,31-32H2,(H2,33,40)(H,37,43)(H,38,41)(H,39,42)(H4,34,35,36)/t22-,23-,24-,25-/m0/s1. The van der Waals surface area contributed by atoms with E-state index in [0.29, 0.717) is 32.2 Å². The van der Waals surface area contributed by atoms with Crippen LogP contribution in [-0.4, -0.2) is 66.8 Å². The molecular formula is C30H45N9O4. The lowest BCUT2D eigenvalue weighted by Crippen LogP contribution is -2.58. The predicted molar refractivity (Wildman–Crippen MR) is 166 cm³/mol. The summed E-state index contributed by atoms with van der Waals surface area (Å²) >= 11 is 0. The summed E-state index contributed by atoms with van der Waals surface area (Å²) in [5.74, 6) is -2.49. The Balaban J connectivity index is 2.22. The third-order valence-corrected chi connectivity index (χ3v) is 6.74. The molecule has 2 aromatic carbocycles. The van der Waals surface area contributed by atoms with Crippen molar-refractivity contribution in [2.24, 2.45) is 33.7 Å². The fourth-order valence-electron chi connectivity index (χ4n) is 4.39. The zero-order valence-electron chi connectivity index (χ0n) is 24.4. The van der Waals surface area contributed by atoms with E-state index >= 15 is 0 Å². The number of guanidine groups is 1. The summed E-state index contributed by atoms with van der Waals surface area (Å²) in [7, 11) is 0. The van der Waals surface area contributed by atoms with E-state index in [-0.39, 0.29) is 31.8 Å². The number of hydrogen-bond donors (Lipinski definition) is 8. The molecule has 0 aliphatic heterocycles. The summed E-state index contributed by atoms with van der Waals surface area (Å²) in [6, 6.07) is 14.4. The second-order valence-electron chi connectivity index (χ2n) is 10.3. The van der Waals surface area contributed by atoms with E-state index in [4.69, 9.17) is 28.7 Å². The highest BCUT2D eigenvalue weighted by molar-refractivity contribution is 5.94. The third-order valence-electron chi connectivity index (χ3n) is 6.74. The van der Waals surface area contributed by atoms with Gasteiger partial charge in [-0.25, -0.2) is 0 Å². The van der Waals surface area contributed by atoms with Crippen molar-refractivity contribution in [2.75, 3.05) is 13.1 Å². The van der Waals surface area contributed by atoms with Crippen LogP contribution in [0.1, 0.15) is 43.2 Å². The largest absolute Gasteiger partial charge is 0.370 e. The molecule has 0 aliphatic carbocycles. The van der Waals surface area contributed by atoms with Gasteiger partial charge in [-0.05, 0) is 56.2 Å². The van der Waals surface area contributed by atoms with Gasteiger partial charge in [-0.15, -0.1) is 0 Å². The first kappa shape index (κ1) is 34.7. The van der Waals surface area contributed by atoms with Crippen LogP contribution < -0.4 is 44.6 Å². The number of aliphatic imine (C=N–C) groups is 1. The maximum Gasteiger partial charge on any atom is 0.243 e. The molecule has 2 rings (SSSR count). The Morgan fingerprint density at radius 3 is 1.72 bits per heavy atom. The summed E-state index contributed by atoms with van der Waals surface area (Å²) in [5.41, 5.74) is 29.7. The third kappa shape index (κ3) is 13.4. The zero-order chi connectivity index (χ0) is 31.6. The van der Waals surface area contributed by atoms with Crippen molar-refractivity contribution in [1.29, 1.82) is 0 Å². The number of hydrogen-bond acceptors (Lipinski definition) is 7. The van der Waals surface area contributed by atoms with Crippen molar-refractivity contribution in [3.63, 3.8) is 0 Å². The summed E-state index contributed by atoms with van der Waals surface area (Å²) in [6.07, 6.45) is 2.51. The monoisotopic (exact) mass is 595 g/mol. The van der Waals surface area contributed by atoms with Gasteiger partial charge in [-0.1, -0.05) is 60.7 Å². The Morgan fingerprint density at radius 1 is 0.651 bits per heavy atom. The fourth-order valence-corrected chi connectivity index (χ4v) is 4.39. The van der Waals surface area contributed by atoms with Crippen molar-refractivity contribution < 1.29 is 19.2 Å². The Hall–Kier alpha value is -4.49. The first-order valence-electron chi connectivity index (χ1n) is 14.4. The first-order chi connectivity index (χ1) is 20.6. The molecule has 13 nitrogen and oxygen atoms in total. The maximum absolute atomic E-state index is 13.6. The summed E-state index contributed by atoms with van der Waals surface area (Å²) < 4.78 is 0. The zero-order valence-corrected chi connectivity index (χ0v) is 24.4. The molecule has 13 heteroatoms. The maximum atomic E-state index is 13.6. The van der Waals surface area contributed by atoms with Crippen LogP contribution in [0.3, 0.4) is 0 Å². The first-order valence-corrected chi connectivity index (χ1v) is 14.4. The van der Waals surface area contributed by atoms with Gasteiger partial charge < -0.3 is 44.6 Å². The molecule has 0 fully saturated rings. The number of rotatable bonds is 19. The molecule has 0 bridgehead atoms. The van der Waals surface area contributed by atoms with Crippen LogP contribution in [0.25, 0.3) is 0 Å². The molecule has 0 unspecified atom stereocenters. The topological polar surface area (TPSA) is 247 Å². The minimum atomic E-state index is -1.07. The fraction of sp³-hybridized carbons (Fsp3) is 0.433. The second-order valence-corrected chi connectivity index (χ2v) is 10.3. The number of amides is 4. The average Bonchev–Trinajstić information content (AvgIpc) is 2.98. The van der Waals surface area contributed by atoms with Crippen LogP contribution in [0.2, 0.25) is 0 Å². The summed E-state index contributed by atoms with van der Waals surface area (Å²) in [5, 5.41) is 8.15. The van der Waals surface area contributed by atoms with Crippen molar-refractivity contribution >= 4 is 29.6 Å². The number of nitrogens with one attached hydrogen (secondary N) is 3. The number of primary amides is 1. The average molecular weight is 596 g/mol. The highest BCUT2D eigenvalue weighted by atomic mass is 16.2. The van der Waals surface area contributed by atoms with Gasteiger partial charge in [0.25, 0.3) is 0 Å². The number of nitrogens with two attached hydrogens (primary N) is 5. The summed E-state index contributed by atoms with van der Waals surface area (Å²) in [4.78, 5) is 56.0. The van der Waals surface area contributed by atoms with Gasteiger partial charge in [0.2, 0.25) is 23.6 Å². The highest BCUT2D eigenvalue weighted by Crippen LogP contribution is 2.09. The minimum Gasteiger partial charge on any atom is -0.370 e. The van der Waals surface area contributed by atoms with E-state index in [1.807, 2.05) is 60.7 Å². The quantitative estimate of drug-likeness (QED) is 0.0562. The normalized spacial score (nSPS) is 13.5. The Bertz CT molecular complexity index is 1190. The molecule has 4 amide bonds. The Kier molecular flexibility index (Phi) is 15.2. The van der Waals surface area contributed by atoms with E-state index in [1.165, 1.54) is 0 Å². The molecule has 234 valence electrons. The summed E-state index contributed by atoms with van der Waals surface area (Å²) in [6.45, 7) is 0.673. The van der Waals surface area contributed by atoms with Crippen LogP contribution in [0.4, 0.5) is 0 Å². The molecule has 4 atom stereocenters. The molecule has 43 heavy (non-hydrogen) atoms. The number of unbranched alkanes of at least 4 members (excludes halogenated alkanes) is 1. The van der Waals surface area contributed by atoms with Crippen molar-refractivity contribution in [2.45, 2.75) is 69.1 Å². The molecule has 0 aromatic heterocycles. The lowest BCUT2D eigenvalue weighted by molar-refractivity contribution is -0.133. The molecule has 0 aliphatic rings. The number of benzene rings is 2. The lowest BCUT2D eigenvalue weighted by Gasteiger charge is -2.25. The Labute approximate surface area is 252 Å². The minimum absolute atomic E-state index is 0.0926. The van der Waals surface area contributed by atoms with Gasteiger partial charge in [0.1, 0.15) is 18.1 Å². The molecule has 0 radical (unpaired) electrons. The van der Waals surface area contributed by atoms with Crippen LogP contribution >= 0.6 is 0 Å². The molecule has 0 heterocycles.